The van der Waals surface area contributed by atoms with Gasteiger partial charge < -0.3 is 10.1 Å². The number of methoxy groups -OCH3 is 1. The maximum Gasteiger partial charge on any atom is 0.234 e. The van der Waals surface area contributed by atoms with Crippen molar-refractivity contribution in [3.05, 3.63) is 75.7 Å². The maximum absolute atomic E-state index is 12.6. The van der Waals surface area contributed by atoms with Gasteiger partial charge in [0.05, 0.1) is 34.1 Å². The van der Waals surface area contributed by atoms with Crippen molar-refractivity contribution in [1.29, 1.82) is 0 Å². The first-order chi connectivity index (χ1) is 15.4. The monoisotopic (exact) mass is 503 g/mol. The molecule has 32 heavy (non-hydrogen) atoms. The van der Waals surface area contributed by atoms with Gasteiger partial charge in [-0.3, -0.25) is 4.79 Å². The Morgan fingerprint density at radius 1 is 1.00 bits per heavy atom. The van der Waals surface area contributed by atoms with E-state index in [-0.39, 0.29) is 21.7 Å². The van der Waals surface area contributed by atoms with Gasteiger partial charge in [-0.1, -0.05) is 76.9 Å². The number of hydrogen-bond donors (Lipinski definition) is 1. The third kappa shape index (κ3) is 5.10. The van der Waals surface area contributed by atoms with E-state index in [1.807, 2.05) is 48.5 Å². The normalized spacial score (nSPS) is 10.9. The third-order valence-electron chi connectivity index (χ3n) is 4.51. The zero-order valence-electron chi connectivity index (χ0n) is 16.7. The number of rotatable bonds is 6. The average molecular weight is 505 g/mol. The summed E-state index contributed by atoms with van der Waals surface area (Å²) in [4.78, 5) is 22.0. The molecule has 0 aliphatic heterocycles. The Morgan fingerprint density at radius 3 is 2.41 bits per heavy atom. The zero-order valence-corrected chi connectivity index (χ0v) is 19.8. The fraction of sp³-hybridized carbons (Fsp3) is 0.0870. The van der Waals surface area contributed by atoms with Crippen LogP contribution in [-0.2, 0) is 4.79 Å². The number of nitrogens with zero attached hydrogens (tertiary/aromatic N) is 2. The minimum absolute atomic E-state index is 0.0901. The van der Waals surface area contributed by atoms with Crippen LogP contribution in [0.25, 0.3) is 22.3 Å². The highest BCUT2D eigenvalue weighted by Gasteiger charge is 2.15. The molecule has 0 saturated carbocycles. The number of amides is 1. The van der Waals surface area contributed by atoms with Crippen molar-refractivity contribution < 1.29 is 9.53 Å². The molecular weight excluding hydrogens is 489 g/mol. The molecule has 4 rings (SSSR count). The Kier molecular flexibility index (Phi) is 7.06. The number of fused-ring (bicyclic) bond motifs is 1. The van der Waals surface area contributed by atoms with E-state index in [1.54, 1.807) is 7.11 Å². The quantitative estimate of drug-likeness (QED) is 0.226. The van der Waals surface area contributed by atoms with Gasteiger partial charge in [-0.25, -0.2) is 9.97 Å². The minimum atomic E-state index is -0.281. The summed E-state index contributed by atoms with van der Waals surface area (Å²) in [7, 11) is 1.60. The predicted molar refractivity (Wildman–Crippen MR) is 132 cm³/mol. The van der Waals surface area contributed by atoms with Gasteiger partial charge in [0, 0.05) is 16.0 Å². The van der Waals surface area contributed by atoms with Crippen molar-refractivity contribution in [2.24, 2.45) is 0 Å². The fourth-order valence-electron chi connectivity index (χ4n) is 3.00. The Morgan fingerprint density at radius 2 is 1.72 bits per heavy atom. The number of thioether (sulfide) groups is 1. The summed E-state index contributed by atoms with van der Waals surface area (Å²) in [5.74, 6) is 1.07. The van der Waals surface area contributed by atoms with Gasteiger partial charge in [-0.05, 0) is 30.3 Å². The van der Waals surface area contributed by atoms with E-state index in [0.29, 0.717) is 27.3 Å². The van der Waals surface area contributed by atoms with Crippen molar-refractivity contribution >= 4 is 69.1 Å². The van der Waals surface area contributed by atoms with Crippen molar-refractivity contribution in [2.45, 2.75) is 5.03 Å². The van der Waals surface area contributed by atoms with Gasteiger partial charge in [0.1, 0.15) is 10.8 Å². The third-order valence-corrected chi connectivity index (χ3v) is 6.32. The van der Waals surface area contributed by atoms with Gasteiger partial charge in [-0.15, -0.1) is 0 Å². The van der Waals surface area contributed by atoms with E-state index < -0.39 is 0 Å². The van der Waals surface area contributed by atoms with E-state index >= 15 is 0 Å². The molecule has 1 heterocycles. The number of benzene rings is 3. The fourth-order valence-corrected chi connectivity index (χ4v) is 4.73. The first kappa shape index (κ1) is 22.7. The average Bonchev–Trinajstić information content (AvgIpc) is 2.79. The van der Waals surface area contributed by atoms with E-state index in [4.69, 9.17) is 44.5 Å². The van der Waals surface area contributed by atoms with Crippen molar-refractivity contribution in [3.63, 3.8) is 0 Å². The smallest absolute Gasteiger partial charge is 0.234 e. The van der Waals surface area contributed by atoms with Crippen LogP contribution >= 0.6 is 46.6 Å². The summed E-state index contributed by atoms with van der Waals surface area (Å²) in [5, 5.41) is 5.13. The minimum Gasteiger partial charge on any atom is -0.497 e. The number of ether oxygens (including phenoxy) is 1. The summed E-state index contributed by atoms with van der Waals surface area (Å²) in [6, 6.07) is 18.3. The Labute approximate surface area is 204 Å². The molecule has 9 heteroatoms. The Bertz CT molecular complexity index is 1280. The first-order valence-corrected chi connectivity index (χ1v) is 11.5. The molecule has 0 fully saturated rings. The van der Waals surface area contributed by atoms with Crippen LogP contribution in [0.15, 0.2) is 65.7 Å². The van der Waals surface area contributed by atoms with Crippen molar-refractivity contribution in [1.82, 2.24) is 9.97 Å². The number of anilines is 1. The van der Waals surface area contributed by atoms with Gasteiger partial charge in [0.2, 0.25) is 5.91 Å². The lowest BCUT2D eigenvalue weighted by Gasteiger charge is -2.11. The largest absolute Gasteiger partial charge is 0.497 e. The predicted octanol–water partition coefficient (Wildman–Crippen LogP) is 7.00. The molecule has 162 valence electrons. The summed E-state index contributed by atoms with van der Waals surface area (Å²) < 4.78 is 5.35. The standard InChI is InChI=1S/C23H16Cl3N3O2S/c1-31-15-7-8-19-16(11-15)23(29-22(27-19)13-5-3-2-4-6-13)32-12-20(30)28-21-17(25)9-14(24)10-18(21)26/h2-11H,12H2,1H3,(H,28,30). The number of aromatic nitrogens is 2. The molecule has 1 aromatic heterocycles. The number of carbonyl (C=O) groups excluding carboxylic acids is 1. The molecule has 0 aliphatic rings. The maximum atomic E-state index is 12.6. The van der Waals surface area contributed by atoms with E-state index in [1.165, 1.54) is 23.9 Å². The molecule has 0 atom stereocenters. The van der Waals surface area contributed by atoms with Crippen LogP contribution in [0.2, 0.25) is 15.1 Å². The lowest BCUT2D eigenvalue weighted by molar-refractivity contribution is -0.113. The molecule has 1 N–H and O–H groups in total. The SMILES string of the molecule is COc1ccc2nc(-c3ccccc3)nc(SCC(=O)Nc3c(Cl)cc(Cl)cc3Cl)c2c1. The highest BCUT2D eigenvalue weighted by Crippen LogP contribution is 2.35. The lowest BCUT2D eigenvalue weighted by Crippen LogP contribution is -2.15. The van der Waals surface area contributed by atoms with E-state index in [0.717, 1.165) is 16.5 Å². The summed E-state index contributed by atoms with van der Waals surface area (Å²) in [5.41, 5.74) is 1.96. The molecule has 0 unspecified atom stereocenters. The van der Waals surface area contributed by atoms with Crippen LogP contribution < -0.4 is 10.1 Å². The molecule has 3 aromatic carbocycles. The number of hydrogen-bond acceptors (Lipinski definition) is 5. The van der Waals surface area contributed by atoms with Crippen LogP contribution in [0.4, 0.5) is 5.69 Å². The molecule has 5 nitrogen and oxygen atoms in total. The van der Waals surface area contributed by atoms with Crippen molar-refractivity contribution in [3.8, 4) is 17.1 Å². The number of carbonyl (C=O) groups is 1. The second-order valence-corrected chi connectivity index (χ2v) is 8.90. The van der Waals surface area contributed by atoms with Crippen LogP contribution in [0, 0.1) is 0 Å². The first-order valence-electron chi connectivity index (χ1n) is 9.43. The Balaban J connectivity index is 1.63. The van der Waals surface area contributed by atoms with Crippen LogP contribution in [-0.4, -0.2) is 28.7 Å². The Hall–Kier alpha value is -2.51. The molecular formula is C23H16Cl3N3O2S. The molecule has 0 bridgehead atoms. The van der Waals surface area contributed by atoms with Crippen LogP contribution in [0.3, 0.4) is 0 Å². The van der Waals surface area contributed by atoms with Crippen LogP contribution in [0.5, 0.6) is 5.75 Å². The second-order valence-electron chi connectivity index (χ2n) is 6.68. The van der Waals surface area contributed by atoms with Gasteiger partial charge in [0.15, 0.2) is 5.82 Å². The lowest BCUT2D eigenvalue weighted by atomic mass is 10.2. The topological polar surface area (TPSA) is 64.1 Å². The molecule has 0 radical (unpaired) electrons. The zero-order chi connectivity index (χ0) is 22.7. The number of halogens is 3. The molecule has 1 amide bonds. The summed E-state index contributed by atoms with van der Waals surface area (Å²) >= 11 is 19.6. The van der Waals surface area contributed by atoms with E-state index in [9.17, 15) is 4.79 Å². The summed E-state index contributed by atoms with van der Waals surface area (Å²) in [6.07, 6.45) is 0. The molecule has 0 saturated heterocycles. The van der Waals surface area contributed by atoms with E-state index in [2.05, 4.69) is 10.3 Å². The van der Waals surface area contributed by atoms with Crippen LogP contribution in [0.1, 0.15) is 0 Å². The van der Waals surface area contributed by atoms with Gasteiger partial charge in [0.25, 0.3) is 0 Å². The van der Waals surface area contributed by atoms with Gasteiger partial charge in [-0.2, -0.15) is 0 Å². The molecule has 4 aromatic rings. The highest BCUT2D eigenvalue weighted by molar-refractivity contribution is 8.00. The second kappa shape index (κ2) is 9.96. The van der Waals surface area contributed by atoms with Gasteiger partial charge >= 0.3 is 0 Å². The van der Waals surface area contributed by atoms with Crippen molar-refractivity contribution in [2.75, 3.05) is 18.2 Å². The highest BCUT2D eigenvalue weighted by atomic mass is 35.5. The molecule has 0 spiro atoms. The summed E-state index contributed by atoms with van der Waals surface area (Å²) in [6.45, 7) is 0. The molecule has 0 aliphatic carbocycles. The number of nitrogens with one attached hydrogen (secondary N) is 1.